The van der Waals surface area contributed by atoms with Gasteiger partial charge in [-0.3, -0.25) is 0 Å². The summed E-state index contributed by atoms with van der Waals surface area (Å²) in [4.78, 5) is 10.4. The van der Waals surface area contributed by atoms with E-state index in [2.05, 4.69) is 0 Å². The van der Waals surface area contributed by atoms with Crippen LogP contribution in [0.3, 0.4) is 0 Å². The number of carboxylic acid groups (broad SMARTS) is 1. The van der Waals surface area contributed by atoms with Crippen LogP contribution in [0.1, 0.15) is 11.7 Å². The molecule has 0 aromatic heterocycles. The molecule has 1 saturated heterocycles. The second-order valence-electron chi connectivity index (χ2n) is 2.73. The molecule has 1 aliphatic rings. The SMILES string of the molecule is O=C(O)C1O[C@@H]1c1ccccc1. The van der Waals surface area contributed by atoms with Crippen molar-refractivity contribution in [1.29, 1.82) is 0 Å². The van der Waals surface area contributed by atoms with Crippen molar-refractivity contribution in [2.24, 2.45) is 0 Å². The van der Waals surface area contributed by atoms with E-state index in [1.54, 1.807) is 0 Å². The first kappa shape index (κ1) is 7.31. The van der Waals surface area contributed by atoms with E-state index >= 15 is 0 Å². The summed E-state index contributed by atoms with van der Waals surface area (Å²) in [5, 5.41) is 8.56. The highest BCUT2D eigenvalue weighted by atomic mass is 16.6. The summed E-state index contributed by atoms with van der Waals surface area (Å²) in [6, 6.07) is 9.37. The van der Waals surface area contributed by atoms with Crippen LogP contribution in [0.2, 0.25) is 0 Å². The molecule has 62 valence electrons. The van der Waals surface area contributed by atoms with Crippen LogP contribution in [0.5, 0.6) is 0 Å². The fourth-order valence-corrected chi connectivity index (χ4v) is 1.20. The largest absolute Gasteiger partial charge is 0.479 e. The summed E-state index contributed by atoms with van der Waals surface area (Å²) < 4.78 is 4.96. The van der Waals surface area contributed by atoms with Crippen molar-refractivity contribution in [3.8, 4) is 0 Å². The third-order valence-corrected chi connectivity index (χ3v) is 1.86. The van der Waals surface area contributed by atoms with Gasteiger partial charge >= 0.3 is 5.97 Å². The van der Waals surface area contributed by atoms with Crippen LogP contribution in [0.25, 0.3) is 0 Å². The number of carboxylic acids is 1. The molecular weight excluding hydrogens is 156 g/mol. The number of ether oxygens (including phenoxy) is 1. The van der Waals surface area contributed by atoms with Gasteiger partial charge < -0.3 is 9.84 Å². The molecule has 3 nitrogen and oxygen atoms in total. The Morgan fingerprint density at radius 1 is 1.33 bits per heavy atom. The summed E-state index contributed by atoms with van der Waals surface area (Å²) in [7, 11) is 0. The first-order valence-electron chi connectivity index (χ1n) is 3.72. The molecule has 2 rings (SSSR count). The van der Waals surface area contributed by atoms with Gasteiger partial charge in [0, 0.05) is 0 Å². The molecule has 0 saturated carbocycles. The predicted octanol–water partition coefficient (Wildman–Crippen LogP) is 1.21. The number of carbonyl (C=O) groups is 1. The first-order valence-corrected chi connectivity index (χ1v) is 3.72. The smallest absolute Gasteiger partial charge is 0.335 e. The second kappa shape index (κ2) is 2.60. The third-order valence-electron chi connectivity index (χ3n) is 1.86. The third kappa shape index (κ3) is 1.19. The Morgan fingerprint density at radius 3 is 2.50 bits per heavy atom. The Kier molecular flexibility index (Phi) is 1.59. The molecule has 0 aliphatic carbocycles. The van der Waals surface area contributed by atoms with E-state index < -0.39 is 12.1 Å². The van der Waals surface area contributed by atoms with Crippen LogP contribution < -0.4 is 0 Å². The van der Waals surface area contributed by atoms with E-state index in [1.807, 2.05) is 30.3 Å². The van der Waals surface area contributed by atoms with Crippen LogP contribution in [-0.4, -0.2) is 17.2 Å². The fourth-order valence-electron chi connectivity index (χ4n) is 1.20. The van der Waals surface area contributed by atoms with E-state index in [9.17, 15) is 4.79 Å². The average molecular weight is 164 g/mol. The molecule has 12 heavy (non-hydrogen) atoms. The van der Waals surface area contributed by atoms with Gasteiger partial charge in [0.05, 0.1) is 0 Å². The number of hydrogen-bond acceptors (Lipinski definition) is 2. The minimum absolute atomic E-state index is 0.233. The zero-order valence-electron chi connectivity index (χ0n) is 6.31. The molecule has 1 unspecified atom stereocenters. The van der Waals surface area contributed by atoms with Crippen molar-refractivity contribution in [2.45, 2.75) is 12.2 Å². The fraction of sp³-hybridized carbons (Fsp3) is 0.222. The van der Waals surface area contributed by atoms with Crippen molar-refractivity contribution < 1.29 is 14.6 Å². The highest BCUT2D eigenvalue weighted by Crippen LogP contribution is 2.38. The van der Waals surface area contributed by atoms with E-state index in [0.29, 0.717) is 0 Å². The minimum Gasteiger partial charge on any atom is -0.479 e. The summed E-state index contributed by atoms with van der Waals surface area (Å²) in [5.74, 6) is -0.885. The van der Waals surface area contributed by atoms with Gasteiger partial charge in [0.25, 0.3) is 0 Å². The molecular formula is C9H8O3. The lowest BCUT2D eigenvalue weighted by atomic mass is 10.1. The number of aliphatic carboxylic acids is 1. The van der Waals surface area contributed by atoms with Crippen molar-refractivity contribution in [1.82, 2.24) is 0 Å². The lowest BCUT2D eigenvalue weighted by molar-refractivity contribution is -0.138. The summed E-state index contributed by atoms with van der Waals surface area (Å²) in [5.41, 5.74) is 0.935. The lowest BCUT2D eigenvalue weighted by Crippen LogP contribution is -2.04. The maximum Gasteiger partial charge on any atom is 0.335 e. The summed E-state index contributed by atoms with van der Waals surface area (Å²) in [6.45, 7) is 0. The minimum atomic E-state index is -0.885. The van der Waals surface area contributed by atoms with E-state index in [1.165, 1.54) is 0 Å². The lowest BCUT2D eigenvalue weighted by Gasteiger charge is -1.91. The van der Waals surface area contributed by atoms with E-state index in [0.717, 1.165) is 5.56 Å². The van der Waals surface area contributed by atoms with Gasteiger partial charge in [0.15, 0.2) is 6.10 Å². The van der Waals surface area contributed by atoms with Gasteiger partial charge in [-0.15, -0.1) is 0 Å². The highest BCUT2D eigenvalue weighted by molar-refractivity contribution is 5.76. The molecule has 0 radical (unpaired) electrons. The molecule has 1 aromatic rings. The molecule has 1 fully saturated rings. The molecule has 0 amide bonds. The van der Waals surface area contributed by atoms with Crippen LogP contribution >= 0.6 is 0 Å². The maximum absolute atomic E-state index is 10.4. The highest BCUT2D eigenvalue weighted by Gasteiger charge is 2.46. The van der Waals surface area contributed by atoms with Crippen LogP contribution in [0, 0.1) is 0 Å². The zero-order chi connectivity index (χ0) is 8.55. The van der Waals surface area contributed by atoms with Gasteiger partial charge in [-0.25, -0.2) is 4.79 Å². The summed E-state index contributed by atoms with van der Waals surface area (Å²) >= 11 is 0. The average Bonchev–Trinajstić information content (AvgIpc) is 2.84. The summed E-state index contributed by atoms with van der Waals surface area (Å²) in [6.07, 6.45) is -0.865. The van der Waals surface area contributed by atoms with Gasteiger partial charge in [-0.2, -0.15) is 0 Å². The Bertz CT molecular complexity index is 294. The van der Waals surface area contributed by atoms with E-state index in [-0.39, 0.29) is 6.10 Å². The number of benzene rings is 1. The van der Waals surface area contributed by atoms with Gasteiger partial charge in [0.1, 0.15) is 6.10 Å². The molecule has 0 bridgehead atoms. The van der Waals surface area contributed by atoms with Crippen LogP contribution in [0.4, 0.5) is 0 Å². The van der Waals surface area contributed by atoms with Crippen molar-refractivity contribution in [2.75, 3.05) is 0 Å². The maximum atomic E-state index is 10.4. The molecule has 3 heteroatoms. The Hall–Kier alpha value is -1.35. The van der Waals surface area contributed by atoms with Crippen molar-refractivity contribution in [3.05, 3.63) is 35.9 Å². The molecule has 1 aromatic carbocycles. The number of hydrogen-bond donors (Lipinski definition) is 1. The van der Waals surface area contributed by atoms with Gasteiger partial charge in [-0.05, 0) is 5.56 Å². The normalized spacial score (nSPS) is 26.7. The standard InChI is InChI=1S/C9H8O3/c10-9(11)8-7(12-8)6-4-2-1-3-5-6/h1-5,7-8H,(H,10,11)/t7-,8?/m1/s1. The Balaban J connectivity index is 2.11. The number of epoxide rings is 1. The van der Waals surface area contributed by atoms with Crippen LogP contribution in [0.15, 0.2) is 30.3 Å². The quantitative estimate of drug-likeness (QED) is 0.668. The zero-order valence-corrected chi connectivity index (χ0v) is 6.31. The van der Waals surface area contributed by atoms with E-state index in [4.69, 9.17) is 9.84 Å². The molecule has 1 N–H and O–H groups in total. The second-order valence-corrected chi connectivity index (χ2v) is 2.73. The molecule has 1 aliphatic heterocycles. The van der Waals surface area contributed by atoms with Gasteiger partial charge in [0.2, 0.25) is 0 Å². The predicted molar refractivity (Wildman–Crippen MR) is 41.7 cm³/mol. The first-order chi connectivity index (χ1) is 5.79. The Morgan fingerprint density at radius 2 is 2.00 bits per heavy atom. The number of rotatable bonds is 2. The molecule has 1 heterocycles. The van der Waals surface area contributed by atoms with Crippen molar-refractivity contribution >= 4 is 5.97 Å². The Labute approximate surface area is 69.6 Å². The molecule has 0 spiro atoms. The topological polar surface area (TPSA) is 49.8 Å². The van der Waals surface area contributed by atoms with Crippen LogP contribution in [-0.2, 0) is 9.53 Å². The van der Waals surface area contributed by atoms with Gasteiger partial charge in [-0.1, -0.05) is 30.3 Å². The van der Waals surface area contributed by atoms with Crippen molar-refractivity contribution in [3.63, 3.8) is 0 Å². The monoisotopic (exact) mass is 164 g/mol. The molecule has 2 atom stereocenters.